The lowest BCUT2D eigenvalue weighted by atomic mass is 9.98. The maximum atomic E-state index is 11.6. The van der Waals surface area contributed by atoms with E-state index in [9.17, 15) is 19.5 Å². The smallest absolute Gasteiger partial charge is 0.303 e. The average molecular weight is 396 g/mol. The maximum absolute atomic E-state index is 11.6. The molecule has 9 heteroatoms. The van der Waals surface area contributed by atoms with Gasteiger partial charge in [-0.3, -0.25) is 14.4 Å². The highest BCUT2D eigenvalue weighted by Gasteiger charge is 2.50. The zero-order valence-electron chi connectivity index (χ0n) is 15.9. The molecule has 1 fully saturated rings. The molecular weight excluding hydrogens is 372 g/mol. The van der Waals surface area contributed by atoms with Crippen molar-refractivity contribution in [3.8, 4) is 0 Å². The lowest BCUT2D eigenvalue weighted by Crippen LogP contribution is -2.62. The summed E-state index contributed by atoms with van der Waals surface area (Å²) in [5.41, 5.74) is 0.822. The minimum Gasteiger partial charge on any atom is -0.463 e. The molecule has 0 amide bonds. The van der Waals surface area contributed by atoms with Gasteiger partial charge in [-0.25, -0.2) is 0 Å². The monoisotopic (exact) mass is 396 g/mol. The number of esters is 3. The van der Waals surface area contributed by atoms with Crippen LogP contribution in [0, 0.1) is 0 Å². The van der Waals surface area contributed by atoms with E-state index in [1.165, 1.54) is 20.8 Å². The van der Waals surface area contributed by atoms with Crippen LogP contribution < -0.4 is 0 Å². The Morgan fingerprint density at radius 3 is 2.11 bits per heavy atom. The van der Waals surface area contributed by atoms with Crippen LogP contribution in [-0.4, -0.2) is 60.3 Å². The van der Waals surface area contributed by atoms with Gasteiger partial charge in [-0.1, -0.05) is 30.3 Å². The van der Waals surface area contributed by atoms with Crippen molar-refractivity contribution in [3.63, 3.8) is 0 Å². The fraction of sp³-hybridized carbons (Fsp3) is 0.526. The molecule has 5 atom stereocenters. The van der Waals surface area contributed by atoms with Gasteiger partial charge in [0.15, 0.2) is 18.5 Å². The minimum atomic E-state index is -1.50. The molecule has 0 aromatic heterocycles. The highest BCUT2D eigenvalue weighted by molar-refractivity contribution is 5.67. The van der Waals surface area contributed by atoms with Crippen LogP contribution in [0.3, 0.4) is 0 Å². The number of hydrogen-bond donors (Lipinski definition) is 1. The molecule has 1 aromatic rings. The first-order valence-corrected chi connectivity index (χ1v) is 8.74. The zero-order chi connectivity index (χ0) is 20.7. The quantitative estimate of drug-likeness (QED) is 0.525. The molecule has 1 N–H and O–H groups in total. The number of aliphatic hydroxyl groups excluding tert-OH is 1. The van der Waals surface area contributed by atoms with Crippen molar-refractivity contribution in [2.75, 3.05) is 6.61 Å². The van der Waals surface area contributed by atoms with Gasteiger partial charge in [-0.2, -0.15) is 0 Å². The number of hydrogen-bond acceptors (Lipinski definition) is 9. The summed E-state index contributed by atoms with van der Waals surface area (Å²) in [6.07, 6.45) is -5.95. The van der Waals surface area contributed by atoms with E-state index >= 15 is 0 Å². The van der Waals surface area contributed by atoms with Gasteiger partial charge in [0.25, 0.3) is 0 Å². The molecule has 0 saturated carbocycles. The molecule has 1 heterocycles. The first kappa shape index (κ1) is 21.8. The number of ether oxygens (including phenoxy) is 5. The van der Waals surface area contributed by atoms with Crippen molar-refractivity contribution < 1.29 is 43.2 Å². The molecule has 0 radical (unpaired) electrons. The van der Waals surface area contributed by atoms with E-state index in [4.69, 9.17) is 23.7 Å². The standard InChI is InChI=1S/C19H24O9/c1-11(20)24-10-15-16(26-12(2)21)17(27-13(3)22)18(19(23)28-15)25-9-14-7-5-4-6-8-14/h4-8,15-19,23H,9-10H2,1-3H3/t15-,16-,17+,18-,19-/m0/s1. The molecule has 0 unspecified atom stereocenters. The Labute approximate surface area is 162 Å². The second kappa shape index (κ2) is 10.2. The third kappa shape index (κ3) is 6.29. The Morgan fingerprint density at radius 2 is 1.54 bits per heavy atom. The van der Waals surface area contributed by atoms with Crippen LogP contribution in [-0.2, 0) is 44.7 Å². The zero-order valence-corrected chi connectivity index (χ0v) is 15.9. The van der Waals surface area contributed by atoms with Crippen molar-refractivity contribution in [2.45, 2.75) is 58.1 Å². The van der Waals surface area contributed by atoms with Crippen molar-refractivity contribution in [1.82, 2.24) is 0 Å². The lowest BCUT2D eigenvalue weighted by molar-refractivity contribution is -0.303. The number of aliphatic hydroxyl groups is 1. The van der Waals surface area contributed by atoms with Crippen LogP contribution in [0.4, 0.5) is 0 Å². The normalized spacial score (nSPS) is 26.9. The van der Waals surface area contributed by atoms with Crippen LogP contribution in [0.15, 0.2) is 30.3 Å². The summed E-state index contributed by atoms with van der Waals surface area (Å²) in [6.45, 7) is 3.37. The van der Waals surface area contributed by atoms with Crippen molar-refractivity contribution in [1.29, 1.82) is 0 Å². The van der Waals surface area contributed by atoms with Crippen LogP contribution in [0.25, 0.3) is 0 Å². The Balaban J connectivity index is 2.22. The Kier molecular flexibility index (Phi) is 7.91. The van der Waals surface area contributed by atoms with E-state index in [1.807, 2.05) is 30.3 Å². The van der Waals surface area contributed by atoms with E-state index in [2.05, 4.69) is 0 Å². The van der Waals surface area contributed by atoms with Crippen molar-refractivity contribution in [2.24, 2.45) is 0 Å². The summed E-state index contributed by atoms with van der Waals surface area (Å²) in [4.78, 5) is 34.3. The molecule has 1 aliphatic heterocycles. The molecule has 1 saturated heterocycles. The predicted octanol–water partition coefficient (Wildman–Crippen LogP) is 0.715. The summed E-state index contributed by atoms with van der Waals surface area (Å²) >= 11 is 0. The Hall–Kier alpha value is -2.49. The van der Waals surface area contributed by atoms with E-state index in [-0.39, 0.29) is 13.2 Å². The van der Waals surface area contributed by atoms with Crippen molar-refractivity contribution >= 4 is 17.9 Å². The molecule has 0 bridgehead atoms. The van der Waals surface area contributed by atoms with Gasteiger partial charge in [-0.15, -0.1) is 0 Å². The average Bonchev–Trinajstić information content (AvgIpc) is 2.62. The molecule has 28 heavy (non-hydrogen) atoms. The van der Waals surface area contributed by atoms with Crippen LogP contribution in [0.5, 0.6) is 0 Å². The summed E-state index contributed by atoms with van der Waals surface area (Å²) in [5, 5.41) is 10.4. The predicted molar refractivity (Wildman–Crippen MR) is 93.6 cm³/mol. The van der Waals surface area contributed by atoms with Crippen LogP contribution in [0.2, 0.25) is 0 Å². The highest BCUT2D eigenvalue weighted by Crippen LogP contribution is 2.28. The van der Waals surface area contributed by atoms with E-state index in [0.29, 0.717) is 0 Å². The van der Waals surface area contributed by atoms with E-state index in [0.717, 1.165) is 5.56 Å². The van der Waals surface area contributed by atoms with Gasteiger partial charge in [-0.05, 0) is 5.56 Å². The Bertz CT molecular complexity index is 675. The number of carbonyl (C=O) groups is 3. The highest BCUT2D eigenvalue weighted by atomic mass is 16.7. The summed E-state index contributed by atoms with van der Waals surface area (Å²) in [5.74, 6) is -1.89. The van der Waals surface area contributed by atoms with Gasteiger partial charge < -0.3 is 28.8 Å². The molecule has 0 spiro atoms. The second-order valence-corrected chi connectivity index (χ2v) is 6.28. The van der Waals surface area contributed by atoms with E-state index < -0.39 is 48.6 Å². The fourth-order valence-corrected chi connectivity index (χ4v) is 2.83. The third-order valence-corrected chi connectivity index (χ3v) is 3.95. The SMILES string of the molecule is CC(=O)OC[C@@H]1O[C@H](O)[C@@H](OCc2ccccc2)[C@H](OC(C)=O)[C@H]1OC(C)=O. The number of carbonyl (C=O) groups excluding carboxylic acids is 3. The topological polar surface area (TPSA) is 118 Å². The summed E-state index contributed by atoms with van der Waals surface area (Å²) in [6, 6.07) is 9.15. The molecule has 0 aliphatic carbocycles. The second-order valence-electron chi connectivity index (χ2n) is 6.28. The maximum Gasteiger partial charge on any atom is 0.303 e. The molecule has 1 aliphatic rings. The van der Waals surface area contributed by atoms with Crippen molar-refractivity contribution in [3.05, 3.63) is 35.9 Å². The fourth-order valence-electron chi connectivity index (χ4n) is 2.83. The van der Waals surface area contributed by atoms with Gasteiger partial charge in [0.1, 0.15) is 18.8 Å². The number of rotatable bonds is 7. The van der Waals surface area contributed by atoms with E-state index in [1.54, 1.807) is 0 Å². The van der Waals surface area contributed by atoms with Crippen LogP contribution >= 0.6 is 0 Å². The molecule has 9 nitrogen and oxygen atoms in total. The first-order chi connectivity index (χ1) is 13.3. The number of benzene rings is 1. The summed E-state index contributed by atoms with van der Waals surface area (Å²) < 4.78 is 26.6. The first-order valence-electron chi connectivity index (χ1n) is 8.74. The molecular formula is C19H24O9. The Morgan fingerprint density at radius 1 is 0.929 bits per heavy atom. The lowest BCUT2D eigenvalue weighted by Gasteiger charge is -2.43. The van der Waals surface area contributed by atoms with Gasteiger partial charge in [0, 0.05) is 20.8 Å². The minimum absolute atomic E-state index is 0.102. The van der Waals surface area contributed by atoms with Gasteiger partial charge >= 0.3 is 17.9 Å². The molecule has 1 aromatic carbocycles. The van der Waals surface area contributed by atoms with Gasteiger partial charge in [0.2, 0.25) is 0 Å². The molecule has 154 valence electrons. The largest absolute Gasteiger partial charge is 0.463 e. The van der Waals surface area contributed by atoms with Gasteiger partial charge in [0.05, 0.1) is 6.61 Å². The summed E-state index contributed by atoms with van der Waals surface area (Å²) in [7, 11) is 0. The third-order valence-electron chi connectivity index (χ3n) is 3.95. The van der Waals surface area contributed by atoms with Crippen LogP contribution in [0.1, 0.15) is 26.3 Å². The molecule has 2 rings (SSSR count).